The number of rotatable bonds is 39. The highest BCUT2D eigenvalue weighted by atomic mass is 31.2. The number of esters is 2. The zero-order chi connectivity index (χ0) is 45.7. The van der Waals surface area contributed by atoms with Gasteiger partial charge in [0.25, 0.3) is 7.82 Å². The number of ether oxygens (including phenoxy) is 2. The van der Waals surface area contributed by atoms with Crippen molar-refractivity contribution in [3.63, 3.8) is 0 Å². The maximum absolute atomic E-state index is 12.7. The first-order chi connectivity index (χ1) is 30.0. The number of unbranched alkanes of at least 4 members (excludes halogenated alkanes) is 3. The van der Waals surface area contributed by atoms with Gasteiger partial charge in [0.2, 0.25) is 0 Å². The molecule has 348 valence electrons. The molecule has 1 unspecified atom stereocenters. The number of carbonyl (C=O) groups is 2. The molecule has 0 fully saturated rings. The fourth-order valence-corrected chi connectivity index (χ4v) is 5.86. The van der Waals surface area contributed by atoms with E-state index in [0.29, 0.717) is 23.9 Å². The van der Waals surface area contributed by atoms with E-state index in [1.54, 1.807) is 0 Å². The minimum atomic E-state index is -4.67. The van der Waals surface area contributed by atoms with Crippen LogP contribution in [-0.4, -0.2) is 70.0 Å². The molecule has 0 aliphatic carbocycles. The van der Waals surface area contributed by atoms with E-state index in [4.69, 9.17) is 18.5 Å². The van der Waals surface area contributed by atoms with Crippen LogP contribution in [0.15, 0.2) is 134 Å². The number of carbonyl (C=O) groups excluding carboxylic acids is 2. The van der Waals surface area contributed by atoms with E-state index >= 15 is 0 Å². The van der Waals surface area contributed by atoms with Crippen LogP contribution in [0.25, 0.3) is 0 Å². The standard InChI is InChI=1S/C52H82NO8P/c1-6-8-10-12-14-16-18-20-22-24-26-28-30-32-34-36-38-40-42-44-51(54)58-48-50(49-60-62(56,57)59-47-46-53(3,4)5)61-52(55)45-43-41-39-37-35-33-31-29-27-25-23-21-19-17-15-13-11-9-7-2/h8,10,14-17,20-23,26-29,32-35,38-41,50H,6-7,9,11-13,18-19,24-25,30-31,36-37,42-49H2,1-5H3/b10-8-,16-14-,17-15-,22-20-,23-21-,28-26-,29-27-,34-32-,35-33-,40-38-,41-39-/t50-/m1/s1. The Morgan fingerprint density at radius 1 is 0.516 bits per heavy atom. The highest BCUT2D eigenvalue weighted by molar-refractivity contribution is 7.45. The van der Waals surface area contributed by atoms with Crippen molar-refractivity contribution in [1.82, 2.24) is 0 Å². The first kappa shape index (κ1) is 58.1. The third-order valence-electron chi connectivity index (χ3n) is 8.68. The summed E-state index contributed by atoms with van der Waals surface area (Å²) in [6.07, 6.45) is 60.8. The maximum atomic E-state index is 12.7. The molecule has 0 aromatic carbocycles. The Morgan fingerprint density at radius 2 is 0.903 bits per heavy atom. The van der Waals surface area contributed by atoms with Gasteiger partial charge in [0.05, 0.1) is 27.7 Å². The summed E-state index contributed by atoms with van der Waals surface area (Å²) in [6, 6.07) is 0. The molecule has 0 saturated carbocycles. The number of hydrogen-bond donors (Lipinski definition) is 0. The Kier molecular flexibility index (Phi) is 39.8. The molecule has 0 amide bonds. The lowest BCUT2D eigenvalue weighted by molar-refractivity contribution is -0.870. The Balaban J connectivity index is 4.61. The topological polar surface area (TPSA) is 111 Å². The summed E-state index contributed by atoms with van der Waals surface area (Å²) >= 11 is 0. The van der Waals surface area contributed by atoms with Crippen LogP contribution < -0.4 is 4.89 Å². The van der Waals surface area contributed by atoms with E-state index in [9.17, 15) is 19.0 Å². The quantitative estimate of drug-likeness (QED) is 0.0197. The summed E-state index contributed by atoms with van der Waals surface area (Å²) in [5.41, 5.74) is 0. The van der Waals surface area contributed by atoms with E-state index < -0.39 is 32.5 Å². The molecule has 2 atom stereocenters. The fourth-order valence-electron chi connectivity index (χ4n) is 5.13. The monoisotopic (exact) mass is 880 g/mol. The van der Waals surface area contributed by atoms with Crippen molar-refractivity contribution < 1.29 is 42.1 Å². The molecule has 0 rings (SSSR count). The van der Waals surface area contributed by atoms with Crippen molar-refractivity contribution in [2.75, 3.05) is 47.5 Å². The average molecular weight is 880 g/mol. The minimum absolute atomic E-state index is 0.0638. The van der Waals surface area contributed by atoms with E-state index in [2.05, 4.69) is 123 Å². The number of likely N-dealkylation sites (N-methyl/N-ethyl adjacent to an activating group) is 1. The van der Waals surface area contributed by atoms with Crippen LogP contribution in [0.5, 0.6) is 0 Å². The summed E-state index contributed by atoms with van der Waals surface area (Å²) < 4.78 is 33.7. The van der Waals surface area contributed by atoms with Gasteiger partial charge < -0.3 is 27.9 Å². The van der Waals surface area contributed by atoms with Gasteiger partial charge in [-0.3, -0.25) is 14.2 Å². The molecule has 0 aromatic heterocycles. The van der Waals surface area contributed by atoms with Crippen LogP contribution in [-0.2, 0) is 32.7 Å². The largest absolute Gasteiger partial charge is 0.756 e. The molecule has 0 aromatic rings. The molecular weight excluding hydrogens is 798 g/mol. The Morgan fingerprint density at radius 3 is 1.31 bits per heavy atom. The Labute approximate surface area is 377 Å². The van der Waals surface area contributed by atoms with Gasteiger partial charge in [-0.1, -0.05) is 160 Å². The van der Waals surface area contributed by atoms with Crippen LogP contribution in [0, 0.1) is 0 Å². The molecule has 0 bridgehead atoms. The van der Waals surface area contributed by atoms with Crippen molar-refractivity contribution in [2.45, 2.75) is 136 Å². The second-order valence-electron chi connectivity index (χ2n) is 15.7. The van der Waals surface area contributed by atoms with Crippen molar-refractivity contribution >= 4 is 19.8 Å². The lowest BCUT2D eigenvalue weighted by Gasteiger charge is -2.28. The van der Waals surface area contributed by atoms with Crippen LogP contribution in [0.3, 0.4) is 0 Å². The summed E-state index contributed by atoms with van der Waals surface area (Å²) in [6.45, 7) is 3.87. The average Bonchev–Trinajstić information content (AvgIpc) is 3.23. The van der Waals surface area contributed by atoms with E-state index in [-0.39, 0.29) is 26.1 Å². The summed E-state index contributed by atoms with van der Waals surface area (Å²) in [5, 5.41) is 0. The van der Waals surface area contributed by atoms with Gasteiger partial charge in [-0.25, -0.2) is 0 Å². The first-order valence-electron chi connectivity index (χ1n) is 22.9. The van der Waals surface area contributed by atoms with Crippen LogP contribution in [0.2, 0.25) is 0 Å². The molecule has 10 heteroatoms. The zero-order valence-corrected chi connectivity index (χ0v) is 39.9. The van der Waals surface area contributed by atoms with Crippen molar-refractivity contribution in [1.29, 1.82) is 0 Å². The van der Waals surface area contributed by atoms with Crippen LogP contribution in [0.4, 0.5) is 0 Å². The molecule has 62 heavy (non-hydrogen) atoms. The van der Waals surface area contributed by atoms with Crippen LogP contribution in [0.1, 0.15) is 129 Å². The molecule has 0 aliphatic heterocycles. The summed E-state index contributed by atoms with van der Waals surface area (Å²) in [5.74, 6) is -1.04. The second-order valence-corrected chi connectivity index (χ2v) is 17.1. The number of quaternary nitrogens is 1. The van der Waals surface area contributed by atoms with Crippen molar-refractivity contribution in [2.24, 2.45) is 0 Å². The van der Waals surface area contributed by atoms with Gasteiger partial charge >= 0.3 is 11.9 Å². The highest BCUT2D eigenvalue weighted by Crippen LogP contribution is 2.38. The summed E-state index contributed by atoms with van der Waals surface area (Å²) in [7, 11) is 1.06. The number of allylic oxidation sites excluding steroid dienone is 22. The SMILES string of the molecule is CC/C=C\C/C=C\C/C=C\C/C=C\C/C=C\C/C=C\CCC(=O)OC[C@H](COP(=O)([O-])OCC[N+](C)(C)C)OC(=O)CC/C=C\C/C=C\C/C=C\C/C=C\C/C=C\CCCCC. The molecule has 0 aliphatic rings. The smallest absolute Gasteiger partial charge is 0.306 e. The molecule has 0 radical (unpaired) electrons. The zero-order valence-electron chi connectivity index (χ0n) is 39.0. The number of phosphoric acid groups is 1. The lowest BCUT2D eigenvalue weighted by atomic mass is 10.2. The third-order valence-corrected chi connectivity index (χ3v) is 9.65. The molecule has 0 spiro atoms. The third kappa shape index (κ3) is 45.7. The highest BCUT2D eigenvalue weighted by Gasteiger charge is 2.21. The summed E-state index contributed by atoms with van der Waals surface area (Å²) in [4.78, 5) is 37.5. The molecule has 0 heterocycles. The van der Waals surface area contributed by atoms with E-state index in [0.717, 1.165) is 64.2 Å². The molecule has 0 saturated heterocycles. The maximum Gasteiger partial charge on any atom is 0.306 e. The Bertz CT molecular complexity index is 1510. The van der Waals surface area contributed by atoms with Gasteiger partial charge in [-0.2, -0.15) is 0 Å². The van der Waals surface area contributed by atoms with Crippen molar-refractivity contribution in [3.8, 4) is 0 Å². The first-order valence-corrected chi connectivity index (χ1v) is 24.4. The minimum Gasteiger partial charge on any atom is -0.756 e. The Hall–Kier alpha value is -3.85. The normalized spacial score (nSPS) is 14.7. The van der Waals surface area contributed by atoms with E-state index in [1.165, 1.54) is 25.7 Å². The second kappa shape index (κ2) is 42.5. The molecular formula is C52H82NO8P. The van der Waals surface area contributed by atoms with Gasteiger partial charge in [-0.15, -0.1) is 0 Å². The fraction of sp³-hybridized carbons (Fsp3) is 0.538. The van der Waals surface area contributed by atoms with Gasteiger partial charge in [0.1, 0.15) is 19.8 Å². The molecule has 0 N–H and O–H groups in total. The van der Waals surface area contributed by atoms with Crippen molar-refractivity contribution in [3.05, 3.63) is 134 Å². The predicted molar refractivity (Wildman–Crippen MR) is 258 cm³/mol. The van der Waals surface area contributed by atoms with Crippen LogP contribution >= 0.6 is 7.82 Å². The lowest BCUT2D eigenvalue weighted by Crippen LogP contribution is -2.37. The number of nitrogens with zero attached hydrogens (tertiary/aromatic N) is 1. The van der Waals surface area contributed by atoms with Gasteiger partial charge in [0, 0.05) is 12.8 Å². The number of phosphoric ester groups is 1. The molecule has 9 nitrogen and oxygen atoms in total. The van der Waals surface area contributed by atoms with E-state index in [1.807, 2.05) is 45.4 Å². The van der Waals surface area contributed by atoms with Gasteiger partial charge in [0.15, 0.2) is 6.10 Å². The predicted octanol–water partition coefficient (Wildman–Crippen LogP) is 12.8. The van der Waals surface area contributed by atoms with Gasteiger partial charge in [-0.05, 0) is 89.9 Å². The number of hydrogen-bond acceptors (Lipinski definition) is 8.